The van der Waals surface area contributed by atoms with Gasteiger partial charge in [-0.1, -0.05) is 59.6 Å². The molecule has 0 spiro atoms. The van der Waals surface area contributed by atoms with Crippen LogP contribution in [-0.2, 0) is 4.79 Å². The van der Waals surface area contributed by atoms with Crippen LogP contribution < -0.4 is 10.6 Å². The fourth-order valence-electron chi connectivity index (χ4n) is 2.72. The van der Waals surface area contributed by atoms with Gasteiger partial charge in [-0.25, -0.2) is 0 Å². The van der Waals surface area contributed by atoms with Crippen molar-refractivity contribution in [2.75, 3.05) is 10.6 Å². The lowest BCUT2D eigenvalue weighted by atomic mass is 10.0. The molecule has 4 heteroatoms. The van der Waals surface area contributed by atoms with Gasteiger partial charge in [-0.3, -0.25) is 4.79 Å². The van der Waals surface area contributed by atoms with E-state index in [4.69, 9.17) is 11.6 Å². The Morgan fingerprint density at radius 3 is 2.15 bits per heavy atom. The molecule has 0 heterocycles. The molecule has 3 rings (SSSR count). The number of amides is 1. The summed E-state index contributed by atoms with van der Waals surface area (Å²) >= 11 is 5.96. The molecule has 1 amide bonds. The Morgan fingerprint density at radius 1 is 0.885 bits per heavy atom. The van der Waals surface area contributed by atoms with Crippen molar-refractivity contribution in [3.8, 4) is 0 Å². The number of nitrogens with one attached hydrogen (secondary N) is 2. The normalized spacial score (nSPS) is 11.6. The average molecular weight is 365 g/mol. The van der Waals surface area contributed by atoms with Crippen molar-refractivity contribution in [2.24, 2.45) is 0 Å². The molecule has 3 aromatic rings. The smallest absolute Gasteiger partial charge is 0.226 e. The molecule has 0 fully saturated rings. The summed E-state index contributed by atoms with van der Waals surface area (Å²) in [5, 5.41) is 7.08. The predicted molar refractivity (Wildman–Crippen MR) is 109 cm³/mol. The third-order valence-corrected chi connectivity index (χ3v) is 4.36. The Morgan fingerprint density at radius 2 is 1.50 bits per heavy atom. The van der Waals surface area contributed by atoms with Crippen molar-refractivity contribution in [3.05, 3.63) is 95.0 Å². The number of benzene rings is 3. The van der Waals surface area contributed by atoms with Crippen molar-refractivity contribution in [3.63, 3.8) is 0 Å². The highest BCUT2D eigenvalue weighted by Crippen LogP contribution is 2.24. The summed E-state index contributed by atoms with van der Waals surface area (Å²) in [6.07, 6.45) is 0.320. The highest BCUT2D eigenvalue weighted by atomic mass is 35.5. The van der Waals surface area contributed by atoms with Gasteiger partial charge in [-0.05, 0) is 48.9 Å². The molecule has 3 aromatic carbocycles. The van der Waals surface area contributed by atoms with Gasteiger partial charge in [0, 0.05) is 16.4 Å². The number of hydrogen-bond donors (Lipinski definition) is 2. The molecular formula is C22H21ClN2O. The predicted octanol–water partition coefficient (Wildman–Crippen LogP) is 5.83. The molecule has 1 atom stereocenters. The monoisotopic (exact) mass is 364 g/mol. The number of anilines is 2. The third-order valence-electron chi connectivity index (χ3n) is 4.11. The maximum absolute atomic E-state index is 12.6. The van der Waals surface area contributed by atoms with Crippen LogP contribution in [0.25, 0.3) is 0 Å². The first-order valence-electron chi connectivity index (χ1n) is 8.54. The molecule has 0 aliphatic carbocycles. The van der Waals surface area contributed by atoms with Crippen LogP contribution in [0.4, 0.5) is 11.4 Å². The molecule has 0 radical (unpaired) electrons. The SMILES string of the molecule is Cc1ccc(NC(=O)CC(Nc2ccc(Cl)cc2)c2ccccc2)cc1. The number of aryl methyl sites for hydroxylation is 1. The Kier molecular flexibility index (Phi) is 5.92. The van der Waals surface area contributed by atoms with Gasteiger partial charge in [0.15, 0.2) is 0 Å². The fourth-order valence-corrected chi connectivity index (χ4v) is 2.85. The van der Waals surface area contributed by atoms with Gasteiger partial charge in [0.1, 0.15) is 0 Å². The van der Waals surface area contributed by atoms with Gasteiger partial charge in [0.25, 0.3) is 0 Å². The maximum Gasteiger partial charge on any atom is 0.226 e. The first-order valence-corrected chi connectivity index (χ1v) is 8.91. The van der Waals surface area contributed by atoms with Crippen LogP contribution in [0.3, 0.4) is 0 Å². The lowest BCUT2D eigenvalue weighted by Gasteiger charge is -2.20. The van der Waals surface area contributed by atoms with E-state index < -0.39 is 0 Å². The van der Waals surface area contributed by atoms with Crippen LogP contribution in [-0.4, -0.2) is 5.91 Å². The van der Waals surface area contributed by atoms with Crippen molar-refractivity contribution in [1.29, 1.82) is 0 Å². The molecule has 2 N–H and O–H groups in total. The van der Waals surface area contributed by atoms with Gasteiger partial charge in [-0.2, -0.15) is 0 Å². The molecule has 0 bridgehead atoms. The zero-order chi connectivity index (χ0) is 18.4. The van der Waals surface area contributed by atoms with Gasteiger partial charge < -0.3 is 10.6 Å². The molecule has 0 aromatic heterocycles. The van der Waals surface area contributed by atoms with Gasteiger partial charge in [0.05, 0.1) is 12.5 Å². The molecule has 0 saturated heterocycles. The van der Waals surface area contributed by atoms with E-state index in [2.05, 4.69) is 10.6 Å². The van der Waals surface area contributed by atoms with E-state index in [9.17, 15) is 4.79 Å². The van der Waals surface area contributed by atoms with Crippen LogP contribution in [0.15, 0.2) is 78.9 Å². The van der Waals surface area contributed by atoms with E-state index in [0.717, 1.165) is 22.5 Å². The lowest BCUT2D eigenvalue weighted by molar-refractivity contribution is -0.116. The first kappa shape index (κ1) is 18.0. The third kappa shape index (κ3) is 5.11. The molecular weight excluding hydrogens is 344 g/mol. The highest BCUT2D eigenvalue weighted by Gasteiger charge is 2.16. The molecule has 0 saturated carbocycles. The standard InChI is InChI=1S/C22H21ClN2O/c1-16-7-11-20(12-8-16)25-22(26)15-21(17-5-3-2-4-6-17)24-19-13-9-18(23)10-14-19/h2-14,21,24H,15H2,1H3,(H,25,26). The van der Waals surface area contributed by atoms with Crippen LogP contribution in [0.2, 0.25) is 5.02 Å². The van der Waals surface area contributed by atoms with Gasteiger partial charge >= 0.3 is 0 Å². The molecule has 132 valence electrons. The molecule has 1 unspecified atom stereocenters. The van der Waals surface area contributed by atoms with E-state index in [-0.39, 0.29) is 11.9 Å². The lowest BCUT2D eigenvalue weighted by Crippen LogP contribution is -2.20. The summed E-state index contributed by atoms with van der Waals surface area (Å²) in [6, 6.07) is 25.1. The topological polar surface area (TPSA) is 41.1 Å². The Bertz CT molecular complexity index is 846. The zero-order valence-corrected chi connectivity index (χ0v) is 15.3. The van der Waals surface area contributed by atoms with Crippen LogP contribution >= 0.6 is 11.6 Å². The van der Waals surface area contributed by atoms with Gasteiger partial charge in [0.2, 0.25) is 5.91 Å². The van der Waals surface area contributed by atoms with Crippen molar-refractivity contribution in [2.45, 2.75) is 19.4 Å². The molecule has 26 heavy (non-hydrogen) atoms. The minimum Gasteiger partial charge on any atom is -0.378 e. The fraction of sp³-hybridized carbons (Fsp3) is 0.136. The highest BCUT2D eigenvalue weighted by molar-refractivity contribution is 6.30. The number of carbonyl (C=O) groups excluding carboxylic acids is 1. The summed E-state index contributed by atoms with van der Waals surface area (Å²) in [6.45, 7) is 2.02. The van der Waals surface area contributed by atoms with E-state index in [1.165, 1.54) is 0 Å². The second-order valence-electron chi connectivity index (χ2n) is 6.23. The quantitative estimate of drug-likeness (QED) is 0.577. The zero-order valence-electron chi connectivity index (χ0n) is 14.6. The molecule has 3 nitrogen and oxygen atoms in total. The van der Waals surface area contributed by atoms with Crippen molar-refractivity contribution in [1.82, 2.24) is 0 Å². The molecule has 0 aliphatic rings. The first-order chi connectivity index (χ1) is 12.6. The van der Waals surface area contributed by atoms with E-state index >= 15 is 0 Å². The summed E-state index contributed by atoms with van der Waals surface area (Å²) in [7, 11) is 0. The van der Waals surface area contributed by atoms with Gasteiger partial charge in [-0.15, -0.1) is 0 Å². The van der Waals surface area contributed by atoms with Crippen LogP contribution in [0, 0.1) is 6.92 Å². The number of rotatable bonds is 6. The second-order valence-corrected chi connectivity index (χ2v) is 6.67. The summed E-state index contributed by atoms with van der Waals surface area (Å²) in [4.78, 5) is 12.6. The average Bonchev–Trinajstić information content (AvgIpc) is 2.65. The number of hydrogen-bond acceptors (Lipinski definition) is 2. The Labute approximate surface area is 159 Å². The van der Waals surface area contributed by atoms with E-state index in [1.807, 2.05) is 85.8 Å². The Balaban J connectivity index is 1.73. The van der Waals surface area contributed by atoms with Crippen LogP contribution in [0.5, 0.6) is 0 Å². The second kappa shape index (κ2) is 8.54. The summed E-state index contributed by atoms with van der Waals surface area (Å²) in [5.41, 5.74) is 3.95. The molecule has 0 aliphatic heterocycles. The van der Waals surface area contributed by atoms with Crippen molar-refractivity contribution < 1.29 is 4.79 Å². The largest absolute Gasteiger partial charge is 0.378 e. The minimum atomic E-state index is -0.136. The van der Waals surface area contributed by atoms with Crippen molar-refractivity contribution >= 4 is 28.9 Å². The number of carbonyl (C=O) groups is 1. The summed E-state index contributed by atoms with van der Waals surface area (Å²) in [5.74, 6) is -0.0378. The minimum absolute atomic E-state index is 0.0378. The maximum atomic E-state index is 12.6. The van der Waals surface area contributed by atoms with E-state index in [1.54, 1.807) is 0 Å². The van der Waals surface area contributed by atoms with E-state index in [0.29, 0.717) is 11.4 Å². The Hall–Kier alpha value is -2.78. The summed E-state index contributed by atoms with van der Waals surface area (Å²) < 4.78 is 0. The van der Waals surface area contributed by atoms with Crippen LogP contribution in [0.1, 0.15) is 23.6 Å². The number of halogens is 1.